The van der Waals surface area contributed by atoms with E-state index in [0.717, 1.165) is 63.4 Å². The summed E-state index contributed by atoms with van der Waals surface area (Å²) in [5.41, 5.74) is 8.09. The second-order valence-electron chi connectivity index (χ2n) is 9.21. The van der Waals surface area contributed by atoms with Gasteiger partial charge in [0.05, 0.1) is 5.52 Å². The molecule has 0 saturated carbocycles. The lowest BCUT2D eigenvalue weighted by Crippen LogP contribution is -2.10. The van der Waals surface area contributed by atoms with E-state index >= 15 is 0 Å². The van der Waals surface area contributed by atoms with Crippen molar-refractivity contribution in [2.45, 2.75) is 12.8 Å². The van der Waals surface area contributed by atoms with Gasteiger partial charge in [-0.25, -0.2) is 9.97 Å². The van der Waals surface area contributed by atoms with Crippen LogP contribution in [-0.4, -0.2) is 24.5 Å². The van der Waals surface area contributed by atoms with Crippen LogP contribution in [0.3, 0.4) is 0 Å². The third-order valence-corrected chi connectivity index (χ3v) is 6.84. The number of rotatable bonds is 5. The highest BCUT2D eigenvalue weighted by Gasteiger charge is 2.19. The van der Waals surface area contributed by atoms with E-state index in [2.05, 4.69) is 80.1 Å². The van der Waals surface area contributed by atoms with Crippen LogP contribution in [0.1, 0.15) is 12.8 Å². The molecule has 0 unspecified atom stereocenters. The van der Waals surface area contributed by atoms with E-state index in [0.29, 0.717) is 0 Å². The van der Waals surface area contributed by atoms with Gasteiger partial charge >= 0.3 is 0 Å². The number of hydrogen-bond donors (Lipinski definition) is 0. The first-order valence-electron chi connectivity index (χ1n) is 12.7. The molecule has 6 heteroatoms. The van der Waals surface area contributed by atoms with E-state index < -0.39 is 0 Å². The summed E-state index contributed by atoms with van der Waals surface area (Å²) in [4.78, 5) is 20.7. The van der Waals surface area contributed by atoms with E-state index in [1.165, 1.54) is 5.70 Å². The number of fused-ring (bicyclic) bond motifs is 2. The number of hydrogen-bond acceptors (Lipinski definition) is 5. The second-order valence-corrected chi connectivity index (χ2v) is 9.21. The first-order chi connectivity index (χ1) is 18.8. The summed E-state index contributed by atoms with van der Waals surface area (Å²) in [5, 5.41) is 1.09. The molecule has 2 aromatic carbocycles. The number of anilines is 3. The molecule has 4 heterocycles. The smallest absolute Gasteiger partial charge is 0.165 e. The van der Waals surface area contributed by atoms with Gasteiger partial charge < -0.3 is 4.90 Å². The van der Waals surface area contributed by atoms with Crippen LogP contribution < -0.4 is 4.90 Å². The summed E-state index contributed by atoms with van der Waals surface area (Å²) in [7, 11) is 0. The van der Waals surface area contributed by atoms with Gasteiger partial charge in [0, 0.05) is 58.5 Å². The molecule has 1 aliphatic carbocycles. The summed E-state index contributed by atoms with van der Waals surface area (Å²) in [6, 6.07) is 26.9. The summed E-state index contributed by atoms with van der Waals surface area (Å²) in [6.45, 7) is 0. The standard InChI is InChI=1S/C32H24N6/c1-2-7-25(8-3-1)38-31(36-30-22-24-6-4-5-9-29(24)35-32(30)38)23-10-12-26(13-11-23)37(27-14-18-33-19-15-27)28-16-20-34-21-17-28/h1-2,4-7,9-22H,3,8H2. The molecule has 0 fully saturated rings. The molecule has 0 amide bonds. The van der Waals surface area contributed by atoms with E-state index in [4.69, 9.17) is 9.97 Å². The Hall–Kier alpha value is -5.10. The number of imidazole rings is 1. The average Bonchev–Trinajstić information content (AvgIpc) is 3.36. The van der Waals surface area contributed by atoms with E-state index in [9.17, 15) is 0 Å². The first-order valence-corrected chi connectivity index (χ1v) is 12.7. The fraction of sp³-hybridized carbons (Fsp3) is 0.0625. The lowest BCUT2D eigenvalue weighted by atomic mass is 10.1. The summed E-state index contributed by atoms with van der Waals surface area (Å²) >= 11 is 0. The molecule has 0 bridgehead atoms. The van der Waals surface area contributed by atoms with Crippen LogP contribution >= 0.6 is 0 Å². The quantitative estimate of drug-likeness (QED) is 0.247. The molecule has 1 aliphatic rings. The van der Waals surface area contributed by atoms with Crippen molar-refractivity contribution >= 4 is 44.8 Å². The number of para-hydroxylation sites is 1. The van der Waals surface area contributed by atoms with Gasteiger partial charge in [-0.05, 0) is 79.6 Å². The van der Waals surface area contributed by atoms with E-state index in [-0.39, 0.29) is 0 Å². The highest BCUT2D eigenvalue weighted by molar-refractivity contribution is 5.93. The Morgan fingerprint density at radius 1 is 0.684 bits per heavy atom. The van der Waals surface area contributed by atoms with Gasteiger partial charge in [-0.3, -0.25) is 14.5 Å². The first kappa shape index (κ1) is 22.1. The Bertz CT molecular complexity index is 1760. The van der Waals surface area contributed by atoms with Crippen molar-refractivity contribution in [2.75, 3.05) is 4.90 Å². The van der Waals surface area contributed by atoms with Gasteiger partial charge in [-0.1, -0.05) is 30.4 Å². The van der Waals surface area contributed by atoms with Crippen LogP contribution in [0.4, 0.5) is 17.1 Å². The Morgan fingerprint density at radius 2 is 1.37 bits per heavy atom. The zero-order valence-corrected chi connectivity index (χ0v) is 20.6. The minimum absolute atomic E-state index is 0.888. The van der Waals surface area contributed by atoms with Crippen LogP contribution in [0.15, 0.2) is 122 Å². The van der Waals surface area contributed by atoms with Gasteiger partial charge in [0.1, 0.15) is 11.3 Å². The summed E-state index contributed by atoms with van der Waals surface area (Å²) in [5.74, 6) is 0.898. The number of allylic oxidation sites excluding steroid dienone is 4. The zero-order valence-electron chi connectivity index (χ0n) is 20.6. The molecular weight excluding hydrogens is 468 g/mol. The zero-order chi connectivity index (χ0) is 25.3. The highest BCUT2D eigenvalue weighted by atomic mass is 15.2. The predicted molar refractivity (Wildman–Crippen MR) is 153 cm³/mol. The molecule has 4 aromatic heterocycles. The number of aromatic nitrogens is 5. The summed E-state index contributed by atoms with van der Waals surface area (Å²) in [6.07, 6.45) is 15.7. The molecule has 0 radical (unpaired) electrons. The Balaban J connectivity index is 1.37. The van der Waals surface area contributed by atoms with Crippen LogP contribution in [0.2, 0.25) is 0 Å². The van der Waals surface area contributed by atoms with Gasteiger partial charge in [-0.15, -0.1) is 0 Å². The van der Waals surface area contributed by atoms with Crippen molar-refractivity contribution < 1.29 is 0 Å². The van der Waals surface area contributed by atoms with Crippen molar-refractivity contribution in [3.63, 3.8) is 0 Å². The fourth-order valence-corrected chi connectivity index (χ4v) is 5.04. The third kappa shape index (κ3) is 3.92. The van der Waals surface area contributed by atoms with Crippen LogP contribution in [0.5, 0.6) is 0 Å². The largest absolute Gasteiger partial charge is 0.310 e. The maximum absolute atomic E-state index is 5.10. The molecule has 0 atom stereocenters. The Kier molecular flexibility index (Phi) is 5.48. The lowest BCUT2D eigenvalue weighted by molar-refractivity contribution is 0.953. The van der Waals surface area contributed by atoms with Crippen molar-refractivity contribution in [1.82, 2.24) is 24.5 Å². The molecule has 7 rings (SSSR count). The molecule has 0 aliphatic heterocycles. The number of benzene rings is 2. The SMILES string of the molecule is C1=CCCC(n2c(-c3ccc(N(c4ccncc4)c4ccncc4)cc3)nc3cc4ccccc4nc32)=C1. The fourth-order valence-electron chi connectivity index (χ4n) is 5.04. The monoisotopic (exact) mass is 492 g/mol. The number of nitrogens with zero attached hydrogens (tertiary/aromatic N) is 6. The van der Waals surface area contributed by atoms with Crippen molar-refractivity contribution in [3.05, 3.63) is 122 Å². The van der Waals surface area contributed by atoms with Gasteiger partial charge in [-0.2, -0.15) is 0 Å². The molecule has 0 spiro atoms. The molecule has 0 saturated heterocycles. The minimum Gasteiger partial charge on any atom is -0.310 e. The van der Waals surface area contributed by atoms with Gasteiger partial charge in [0.25, 0.3) is 0 Å². The van der Waals surface area contributed by atoms with Crippen LogP contribution in [0, 0.1) is 0 Å². The van der Waals surface area contributed by atoms with E-state index in [1.54, 1.807) is 0 Å². The molecule has 182 valence electrons. The minimum atomic E-state index is 0.888. The van der Waals surface area contributed by atoms with E-state index in [1.807, 2.05) is 61.2 Å². The normalized spacial score (nSPS) is 13.1. The molecule has 38 heavy (non-hydrogen) atoms. The van der Waals surface area contributed by atoms with Gasteiger partial charge in [0.15, 0.2) is 5.65 Å². The second kappa shape index (κ2) is 9.41. The van der Waals surface area contributed by atoms with Crippen molar-refractivity contribution in [2.24, 2.45) is 0 Å². The van der Waals surface area contributed by atoms with Gasteiger partial charge in [0.2, 0.25) is 0 Å². The molecule has 0 N–H and O–H groups in total. The lowest BCUT2D eigenvalue weighted by Gasteiger charge is -2.25. The molecule has 6 nitrogen and oxygen atoms in total. The van der Waals surface area contributed by atoms with Crippen molar-refractivity contribution in [3.8, 4) is 11.4 Å². The molecular formula is C32H24N6. The highest BCUT2D eigenvalue weighted by Crippen LogP contribution is 2.36. The predicted octanol–water partition coefficient (Wildman–Crippen LogP) is 7.70. The maximum Gasteiger partial charge on any atom is 0.165 e. The maximum atomic E-state index is 5.10. The molecule has 6 aromatic rings. The summed E-state index contributed by atoms with van der Waals surface area (Å²) < 4.78 is 2.23. The van der Waals surface area contributed by atoms with Crippen LogP contribution in [-0.2, 0) is 0 Å². The topological polar surface area (TPSA) is 59.7 Å². The Morgan fingerprint density at radius 3 is 2.05 bits per heavy atom. The van der Waals surface area contributed by atoms with Crippen molar-refractivity contribution in [1.29, 1.82) is 0 Å². The van der Waals surface area contributed by atoms with Crippen LogP contribution in [0.25, 0.3) is 39.2 Å². The number of pyridine rings is 3. The third-order valence-electron chi connectivity index (χ3n) is 6.84. The average molecular weight is 493 g/mol. The Labute approximate surface area is 220 Å².